The normalized spacial score (nSPS) is 16.5. The fourth-order valence-corrected chi connectivity index (χ4v) is 2.66. The summed E-state index contributed by atoms with van der Waals surface area (Å²) >= 11 is 0. The number of aromatic nitrogens is 2. The molecule has 0 radical (unpaired) electrons. The largest absolute Gasteiger partial charge is 0.480 e. The zero-order valence-corrected chi connectivity index (χ0v) is 11.3. The first-order chi connectivity index (χ1) is 10.1. The molecule has 1 atom stereocenters. The summed E-state index contributed by atoms with van der Waals surface area (Å²) in [6, 6.07) is 8.05. The number of hydrogen-bond donors (Lipinski definition) is 2. The molecular formula is C15H15N3O3. The van der Waals surface area contributed by atoms with E-state index in [1.54, 1.807) is 0 Å². The van der Waals surface area contributed by atoms with Crippen LogP contribution in [-0.2, 0) is 17.8 Å². The molecule has 1 aliphatic carbocycles. The van der Waals surface area contributed by atoms with Gasteiger partial charge in [0.05, 0.1) is 12.4 Å². The first kappa shape index (κ1) is 13.4. The molecule has 108 valence electrons. The van der Waals surface area contributed by atoms with Crippen LogP contribution in [-0.4, -0.2) is 26.5 Å². The summed E-state index contributed by atoms with van der Waals surface area (Å²) in [5.41, 5.74) is 2.65. The lowest BCUT2D eigenvalue weighted by molar-refractivity contribution is -0.137. The van der Waals surface area contributed by atoms with Crippen molar-refractivity contribution in [1.29, 1.82) is 0 Å². The molecule has 0 saturated carbocycles. The van der Waals surface area contributed by atoms with Crippen molar-refractivity contribution in [2.45, 2.75) is 25.4 Å². The number of rotatable bonds is 4. The summed E-state index contributed by atoms with van der Waals surface area (Å²) in [7, 11) is 0. The van der Waals surface area contributed by atoms with Gasteiger partial charge in [-0.05, 0) is 24.0 Å². The summed E-state index contributed by atoms with van der Waals surface area (Å²) < 4.78 is 1.37. The molecule has 21 heavy (non-hydrogen) atoms. The van der Waals surface area contributed by atoms with Crippen molar-refractivity contribution in [2.75, 3.05) is 0 Å². The minimum absolute atomic E-state index is 0.00155. The molecule has 2 N–H and O–H groups in total. The van der Waals surface area contributed by atoms with Gasteiger partial charge in [-0.3, -0.25) is 9.59 Å². The molecule has 1 amide bonds. The first-order valence-electron chi connectivity index (χ1n) is 6.76. The number of carboxylic acid groups (broad SMARTS) is 1. The average Bonchev–Trinajstić information content (AvgIpc) is 3.06. The number of carbonyl (C=O) groups excluding carboxylic acids is 1. The highest BCUT2D eigenvalue weighted by atomic mass is 16.4. The molecule has 1 unspecified atom stereocenters. The molecule has 6 heteroatoms. The van der Waals surface area contributed by atoms with Gasteiger partial charge < -0.3 is 15.0 Å². The molecule has 1 aromatic heterocycles. The van der Waals surface area contributed by atoms with Gasteiger partial charge in [-0.1, -0.05) is 24.3 Å². The minimum atomic E-state index is -0.968. The molecule has 0 saturated heterocycles. The number of hydrogen-bond acceptors (Lipinski definition) is 3. The second-order valence-corrected chi connectivity index (χ2v) is 5.09. The van der Waals surface area contributed by atoms with E-state index < -0.39 is 5.97 Å². The van der Waals surface area contributed by atoms with Crippen molar-refractivity contribution in [3.8, 4) is 0 Å². The Bertz CT molecular complexity index is 693. The van der Waals surface area contributed by atoms with E-state index in [2.05, 4.69) is 16.4 Å². The summed E-state index contributed by atoms with van der Waals surface area (Å²) in [5, 5.41) is 11.7. The van der Waals surface area contributed by atoms with Crippen LogP contribution in [0.5, 0.6) is 0 Å². The molecule has 1 heterocycles. The topological polar surface area (TPSA) is 84.2 Å². The Hall–Kier alpha value is -2.63. The van der Waals surface area contributed by atoms with E-state index >= 15 is 0 Å². The standard InChI is InChI=1S/C15H15N3O3/c19-14(20)8-18-7-13(16-9-18)15(21)17-12-6-5-10-3-1-2-4-11(10)12/h1-4,7,9,12H,5-6,8H2,(H,17,21)(H,19,20). The Morgan fingerprint density at radius 1 is 1.38 bits per heavy atom. The van der Waals surface area contributed by atoms with Gasteiger partial charge in [0.15, 0.2) is 0 Å². The second kappa shape index (κ2) is 5.40. The van der Waals surface area contributed by atoms with Crippen LogP contribution < -0.4 is 5.32 Å². The molecule has 6 nitrogen and oxygen atoms in total. The van der Waals surface area contributed by atoms with E-state index in [4.69, 9.17) is 5.11 Å². The fourth-order valence-electron chi connectivity index (χ4n) is 2.66. The van der Waals surface area contributed by atoms with Crippen LogP contribution in [0.25, 0.3) is 0 Å². The predicted octanol–water partition coefficient (Wildman–Crippen LogP) is 1.38. The molecule has 3 rings (SSSR count). The van der Waals surface area contributed by atoms with Crippen molar-refractivity contribution in [3.05, 3.63) is 53.6 Å². The number of nitrogens with zero attached hydrogens (tertiary/aromatic N) is 2. The van der Waals surface area contributed by atoms with E-state index in [1.165, 1.54) is 22.7 Å². The summed E-state index contributed by atoms with van der Waals surface area (Å²) in [4.78, 5) is 26.7. The lowest BCUT2D eigenvalue weighted by Crippen LogP contribution is -2.27. The van der Waals surface area contributed by atoms with E-state index in [-0.39, 0.29) is 24.2 Å². The van der Waals surface area contributed by atoms with Crippen LogP contribution in [0.4, 0.5) is 0 Å². The third kappa shape index (κ3) is 2.79. The predicted molar refractivity (Wildman–Crippen MR) is 74.8 cm³/mol. The molecule has 0 bridgehead atoms. The third-order valence-corrected chi connectivity index (χ3v) is 3.62. The maximum absolute atomic E-state index is 12.2. The molecule has 2 aromatic rings. The van der Waals surface area contributed by atoms with Crippen molar-refractivity contribution in [2.24, 2.45) is 0 Å². The number of aryl methyl sites for hydroxylation is 1. The lowest BCUT2D eigenvalue weighted by Gasteiger charge is -2.12. The monoisotopic (exact) mass is 285 g/mol. The first-order valence-corrected chi connectivity index (χ1v) is 6.76. The van der Waals surface area contributed by atoms with E-state index in [1.807, 2.05) is 18.2 Å². The fraction of sp³-hybridized carbons (Fsp3) is 0.267. The number of nitrogens with one attached hydrogen (secondary N) is 1. The molecule has 1 aromatic carbocycles. The van der Waals surface area contributed by atoms with Gasteiger partial charge in [0, 0.05) is 6.20 Å². The lowest BCUT2D eigenvalue weighted by atomic mass is 10.1. The van der Waals surface area contributed by atoms with Crippen LogP contribution in [0.1, 0.15) is 34.1 Å². The van der Waals surface area contributed by atoms with Crippen LogP contribution in [0.15, 0.2) is 36.8 Å². The Balaban J connectivity index is 1.70. The van der Waals surface area contributed by atoms with Crippen LogP contribution in [0.2, 0.25) is 0 Å². The van der Waals surface area contributed by atoms with Crippen molar-refractivity contribution in [3.63, 3.8) is 0 Å². The molecule has 0 fully saturated rings. The average molecular weight is 285 g/mol. The smallest absolute Gasteiger partial charge is 0.323 e. The van der Waals surface area contributed by atoms with Gasteiger partial charge in [-0.25, -0.2) is 4.98 Å². The third-order valence-electron chi connectivity index (χ3n) is 3.62. The highest BCUT2D eigenvalue weighted by molar-refractivity contribution is 5.92. The molecule has 0 spiro atoms. The van der Waals surface area contributed by atoms with Gasteiger partial charge in [0.1, 0.15) is 12.2 Å². The SMILES string of the molecule is O=C(O)Cn1cnc(C(=O)NC2CCc3ccccc32)c1. The number of carbonyl (C=O) groups is 2. The Morgan fingerprint density at radius 2 is 2.19 bits per heavy atom. The Labute approximate surface area is 121 Å². The van der Waals surface area contributed by atoms with Crippen LogP contribution in [0, 0.1) is 0 Å². The van der Waals surface area contributed by atoms with E-state index in [9.17, 15) is 9.59 Å². The second-order valence-electron chi connectivity index (χ2n) is 5.09. The maximum atomic E-state index is 12.2. The summed E-state index contributed by atoms with van der Waals surface area (Å²) in [6.45, 7) is -0.202. The van der Waals surface area contributed by atoms with Gasteiger partial charge >= 0.3 is 5.97 Å². The zero-order valence-electron chi connectivity index (χ0n) is 11.3. The van der Waals surface area contributed by atoms with E-state index in [0.29, 0.717) is 0 Å². The minimum Gasteiger partial charge on any atom is -0.480 e. The van der Waals surface area contributed by atoms with E-state index in [0.717, 1.165) is 18.4 Å². The van der Waals surface area contributed by atoms with Crippen LogP contribution in [0.3, 0.4) is 0 Å². The summed E-state index contributed by atoms with van der Waals surface area (Å²) in [6.07, 6.45) is 4.63. The number of carboxylic acids is 1. The Morgan fingerprint density at radius 3 is 3.00 bits per heavy atom. The van der Waals surface area contributed by atoms with Gasteiger partial charge in [-0.2, -0.15) is 0 Å². The maximum Gasteiger partial charge on any atom is 0.323 e. The van der Waals surface area contributed by atoms with Crippen molar-refractivity contribution < 1.29 is 14.7 Å². The molecule has 0 aliphatic heterocycles. The molecular weight excluding hydrogens is 270 g/mol. The van der Waals surface area contributed by atoms with Crippen LogP contribution >= 0.6 is 0 Å². The zero-order chi connectivity index (χ0) is 14.8. The van der Waals surface area contributed by atoms with Gasteiger partial charge in [-0.15, -0.1) is 0 Å². The quantitative estimate of drug-likeness (QED) is 0.889. The number of imidazole rings is 1. The number of fused-ring (bicyclic) bond motifs is 1. The van der Waals surface area contributed by atoms with Gasteiger partial charge in [0.25, 0.3) is 5.91 Å². The van der Waals surface area contributed by atoms with Crippen molar-refractivity contribution >= 4 is 11.9 Å². The van der Waals surface area contributed by atoms with Crippen molar-refractivity contribution in [1.82, 2.24) is 14.9 Å². The highest BCUT2D eigenvalue weighted by Crippen LogP contribution is 2.30. The number of aliphatic carboxylic acids is 1. The van der Waals surface area contributed by atoms with Gasteiger partial charge in [0.2, 0.25) is 0 Å². The molecule has 1 aliphatic rings. The Kier molecular flexibility index (Phi) is 3.43. The number of amides is 1. The highest BCUT2D eigenvalue weighted by Gasteiger charge is 2.24. The summed E-state index contributed by atoms with van der Waals surface area (Å²) in [5.74, 6) is -1.25. The number of benzene rings is 1.